The Morgan fingerprint density at radius 1 is 1.17 bits per heavy atom. The summed E-state index contributed by atoms with van der Waals surface area (Å²) in [5, 5.41) is 11.8. The van der Waals surface area contributed by atoms with Gasteiger partial charge in [0, 0.05) is 22.7 Å². The lowest BCUT2D eigenvalue weighted by atomic mass is 9.94. The Kier molecular flexibility index (Phi) is 7.65. The van der Waals surface area contributed by atoms with E-state index in [-0.39, 0.29) is 5.91 Å². The molecule has 1 aliphatic rings. The highest BCUT2D eigenvalue weighted by Gasteiger charge is 2.36. The van der Waals surface area contributed by atoms with E-state index in [9.17, 15) is 4.79 Å². The molecule has 9 heteroatoms. The number of carbonyl (C=O) groups is 1. The summed E-state index contributed by atoms with van der Waals surface area (Å²) >= 11 is 1.61. The minimum atomic E-state index is -0.561. The zero-order valence-corrected chi connectivity index (χ0v) is 21.5. The van der Waals surface area contributed by atoms with Gasteiger partial charge in [-0.15, -0.1) is 5.10 Å². The second-order valence-corrected chi connectivity index (χ2v) is 9.42. The number of anilines is 2. The Balaban J connectivity index is 1.81. The van der Waals surface area contributed by atoms with Crippen LogP contribution in [0.2, 0.25) is 0 Å². The van der Waals surface area contributed by atoms with Gasteiger partial charge in [-0.3, -0.25) is 4.79 Å². The van der Waals surface area contributed by atoms with Crippen molar-refractivity contribution in [3.63, 3.8) is 0 Å². The number of rotatable bonds is 9. The molecule has 0 spiro atoms. The van der Waals surface area contributed by atoms with Crippen molar-refractivity contribution in [2.24, 2.45) is 0 Å². The molecule has 1 aliphatic heterocycles. The van der Waals surface area contributed by atoms with Crippen LogP contribution in [0, 0.1) is 6.92 Å². The number of hydrogen-bond donors (Lipinski definition) is 2. The first-order valence-electron chi connectivity index (χ1n) is 11.6. The highest BCUT2D eigenvalue weighted by atomic mass is 32.2. The number of nitrogens with one attached hydrogen (secondary N) is 2. The van der Waals surface area contributed by atoms with Crippen molar-refractivity contribution in [3.8, 4) is 11.5 Å². The molecule has 0 saturated carbocycles. The maximum atomic E-state index is 13.7. The van der Waals surface area contributed by atoms with Crippen LogP contribution in [0.25, 0.3) is 0 Å². The molecule has 1 atom stereocenters. The van der Waals surface area contributed by atoms with Crippen molar-refractivity contribution in [1.29, 1.82) is 0 Å². The number of aryl methyl sites for hydroxylation is 1. The Morgan fingerprint density at radius 2 is 2.00 bits per heavy atom. The third-order valence-electron chi connectivity index (χ3n) is 5.81. The lowest BCUT2D eigenvalue weighted by Crippen LogP contribution is -2.31. The zero-order chi connectivity index (χ0) is 24.9. The van der Waals surface area contributed by atoms with Crippen LogP contribution < -0.4 is 20.1 Å². The van der Waals surface area contributed by atoms with Crippen molar-refractivity contribution >= 4 is 29.3 Å². The number of methoxy groups -OCH3 is 2. The normalized spacial score (nSPS) is 14.8. The Hall–Kier alpha value is -3.46. The van der Waals surface area contributed by atoms with Crippen LogP contribution in [-0.2, 0) is 4.79 Å². The summed E-state index contributed by atoms with van der Waals surface area (Å²) in [6.07, 6.45) is 2.18. The predicted molar refractivity (Wildman–Crippen MR) is 139 cm³/mol. The molecule has 0 bridgehead atoms. The largest absolute Gasteiger partial charge is 0.497 e. The summed E-state index contributed by atoms with van der Waals surface area (Å²) in [5.74, 6) is 2.59. The summed E-state index contributed by atoms with van der Waals surface area (Å²) in [6, 6.07) is 12.7. The molecule has 35 heavy (non-hydrogen) atoms. The van der Waals surface area contributed by atoms with E-state index in [0.717, 1.165) is 35.4 Å². The molecule has 0 fully saturated rings. The number of thioether (sulfide) groups is 1. The molecule has 184 valence electrons. The smallest absolute Gasteiger partial charge is 0.255 e. The minimum Gasteiger partial charge on any atom is -0.497 e. The fourth-order valence-corrected chi connectivity index (χ4v) is 4.97. The first kappa shape index (κ1) is 24.7. The van der Waals surface area contributed by atoms with Gasteiger partial charge < -0.3 is 20.1 Å². The van der Waals surface area contributed by atoms with Gasteiger partial charge in [-0.05, 0) is 56.2 Å². The lowest BCUT2D eigenvalue weighted by molar-refractivity contribution is -0.113. The molecule has 0 radical (unpaired) electrons. The van der Waals surface area contributed by atoms with Crippen molar-refractivity contribution in [2.45, 2.75) is 44.8 Å². The number of carbonyl (C=O) groups excluding carboxylic acids is 1. The fourth-order valence-electron chi connectivity index (χ4n) is 4.06. The van der Waals surface area contributed by atoms with Gasteiger partial charge in [0.1, 0.15) is 17.5 Å². The van der Waals surface area contributed by atoms with E-state index in [0.29, 0.717) is 33.9 Å². The van der Waals surface area contributed by atoms with Crippen LogP contribution in [0.15, 0.2) is 58.9 Å². The van der Waals surface area contributed by atoms with Gasteiger partial charge in [0.2, 0.25) is 11.1 Å². The quantitative estimate of drug-likeness (QED) is 0.304. The van der Waals surface area contributed by atoms with E-state index in [1.165, 1.54) is 0 Å². The molecule has 2 heterocycles. The maximum Gasteiger partial charge on any atom is 0.255 e. The Labute approximate surface area is 210 Å². The molecule has 0 saturated heterocycles. The van der Waals surface area contributed by atoms with Crippen molar-refractivity contribution in [2.75, 3.05) is 30.6 Å². The standard InChI is InChI=1S/C26H31N5O3S/c1-6-7-13-35-26-29-25-27-17(3)22(24(32)28-18-10-8-9-16(2)14-18)23(31(25)30-26)20-15-19(33-4)11-12-21(20)34-5/h8-12,14-15,23H,6-7,13H2,1-5H3,(H,28,32)(H,27,29,30). The molecule has 8 nitrogen and oxygen atoms in total. The van der Waals surface area contributed by atoms with Crippen LogP contribution in [0.5, 0.6) is 11.5 Å². The highest BCUT2D eigenvalue weighted by Crippen LogP contribution is 2.41. The summed E-state index contributed by atoms with van der Waals surface area (Å²) in [4.78, 5) is 18.4. The van der Waals surface area contributed by atoms with Crippen molar-refractivity contribution in [1.82, 2.24) is 14.8 Å². The van der Waals surface area contributed by atoms with Gasteiger partial charge in [-0.25, -0.2) is 4.68 Å². The summed E-state index contributed by atoms with van der Waals surface area (Å²) in [6.45, 7) is 6.03. The highest BCUT2D eigenvalue weighted by molar-refractivity contribution is 7.99. The molecule has 4 rings (SSSR count). The number of ether oxygens (including phenoxy) is 2. The Bertz CT molecular complexity index is 1250. The second-order valence-electron chi connectivity index (χ2n) is 8.36. The average Bonchev–Trinajstić information content (AvgIpc) is 3.25. The third kappa shape index (κ3) is 5.30. The van der Waals surface area contributed by atoms with E-state index in [1.54, 1.807) is 30.7 Å². The first-order valence-corrected chi connectivity index (χ1v) is 12.6. The first-order chi connectivity index (χ1) is 16.9. The van der Waals surface area contributed by atoms with Gasteiger partial charge >= 0.3 is 0 Å². The molecule has 1 aromatic heterocycles. The molecule has 2 aromatic carbocycles. The topological polar surface area (TPSA) is 90.3 Å². The predicted octanol–water partition coefficient (Wildman–Crippen LogP) is 5.42. The summed E-state index contributed by atoms with van der Waals surface area (Å²) in [5.41, 5.74) is 3.79. The number of allylic oxidation sites excluding steroid dienone is 1. The van der Waals surface area contributed by atoms with E-state index < -0.39 is 6.04 Å². The maximum absolute atomic E-state index is 13.7. The van der Waals surface area contributed by atoms with E-state index >= 15 is 0 Å². The van der Waals surface area contributed by atoms with E-state index in [1.807, 2.05) is 56.3 Å². The monoisotopic (exact) mass is 493 g/mol. The van der Waals surface area contributed by atoms with Crippen LogP contribution >= 0.6 is 11.8 Å². The molecule has 1 unspecified atom stereocenters. The number of hydrogen-bond acceptors (Lipinski definition) is 7. The van der Waals surface area contributed by atoms with Crippen molar-refractivity contribution < 1.29 is 14.3 Å². The number of nitrogens with zero attached hydrogens (tertiary/aromatic N) is 3. The number of unbranched alkanes of at least 4 members (excludes halogenated alkanes) is 1. The molecule has 3 aromatic rings. The molecular weight excluding hydrogens is 462 g/mol. The van der Waals surface area contributed by atoms with Crippen LogP contribution in [-0.4, -0.2) is 40.6 Å². The Morgan fingerprint density at radius 3 is 2.71 bits per heavy atom. The van der Waals surface area contributed by atoms with Gasteiger partial charge in [-0.2, -0.15) is 4.98 Å². The molecule has 1 amide bonds. The van der Waals surface area contributed by atoms with Gasteiger partial charge in [0.15, 0.2) is 0 Å². The molecular formula is C26H31N5O3S. The zero-order valence-electron chi connectivity index (χ0n) is 20.7. The summed E-state index contributed by atoms with van der Waals surface area (Å²) in [7, 11) is 3.23. The molecule has 2 N–H and O–H groups in total. The van der Waals surface area contributed by atoms with E-state index in [4.69, 9.17) is 19.6 Å². The van der Waals surface area contributed by atoms with Gasteiger partial charge in [0.05, 0.1) is 19.8 Å². The average molecular weight is 494 g/mol. The van der Waals surface area contributed by atoms with Crippen LogP contribution in [0.3, 0.4) is 0 Å². The number of fused-ring (bicyclic) bond motifs is 1. The minimum absolute atomic E-state index is 0.225. The number of aromatic nitrogens is 3. The number of amides is 1. The third-order valence-corrected chi connectivity index (χ3v) is 6.74. The second kappa shape index (κ2) is 10.9. The SMILES string of the molecule is CCCCSc1nc2n(n1)C(c1cc(OC)ccc1OC)C(C(=O)Nc1cccc(C)c1)=C(C)N2. The van der Waals surface area contributed by atoms with Crippen LogP contribution in [0.4, 0.5) is 11.6 Å². The fraction of sp³-hybridized carbons (Fsp3) is 0.346. The van der Waals surface area contributed by atoms with E-state index in [2.05, 4.69) is 17.6 Å². The van der Waals surface area contributed by atoms with Gasteiger partial charge in [-0.1, -0.05) is 37.2 Å². The number of benzene rings is 2. The van der Waals surface area contributed by atoms with Gasteiger partial charge in [0.25, 0.3) is 5.91 Å². The van der Waals surface area contributed by atoms with Crippen LogP contribution in [0.1, 0.15) is 43.9 Å². The molecule has 0 aliphatic carbocycles. The summed E-state index contributed by atoms with van der Waals surface area (Å²) < 4.78 is 13.0. The lowest BCUT2D eigenvalue weighted by Gasteiger charge is -2.29. The van der Waals surface area contributed by atoms with Crippen molar-refractivity contribution in [3.05, 3.63) is 64.9 Å².